The third-order valence-electron chi connectivity index (χ3n) is 2.77. The second-order valence-corrected chi connectivity index (χ2v) is 4.22. The van der Waals surface area contributed by atoms with Gasteiger partial charge >= 0.3 is 5.97 Å². The third-order valence-corrected chi connectivity index (χ3v) is 2.77. The van der Waals surface area contributed by atoms with E-state index in [1.54, 1.807) is 7.05 Å². The third kappa shape index (κ3) is 3.07. The van der Waals surface area contributed by atoms with Crippen LogP contribution in [0.15, 0.2) is 18.2 Å². The fraction of sp³-hybridized carbons (Fsp3) is 0.385. The largest absolute Gasteiger partial charge is 0.464 e. The number of likely N-dealkylation sites (N-methyl/N-ethyl adjacent to an activating group) is 1. The zero-order valence-electron chi connectivity index (χ0n) is 10.3. The van der Waals surface area contributed by atoms with Gasteiger partial charge in [-0.3, -0.25) is 9.59 Å². The van der Waals surface area contributed by atoms with E-state index < -0.39 is 0 Å². The highest BCUT2D eigenvalue weighted by Crippen LogP contribution is 2.23. The van der Waals surface area contributed by atoms with Crippen molar-refractivity contribution in [3.63, 3.8) is 0 Å². The first kappa shape index (κ1) is 12.6. The van der Waals surface area contributed by atoms with Crippen molar-refractivity contribution < 1.29 is 14.3 Å². The summed E-state index contributed by atoms with van der Waals surface area (Å²) in [6, 6.07) is 5.82. The molecule has 1 aliphatic rings. The Balaban J connectivity index is 1.86. The van der Waals surface area contributed by atoms with Crippen LogP contribution in [0.1, 0.15) is 11.1 Å². The Labute approximate surface area is 106 Å². The lowest BCUT2D eigenvalue weighted by atomic mass is 10.1. The van der Waals surface area contributed by atoms with Crippen LogP contribution in [-0.2, 0) is 27.2 Å². The molecule has 0 saturated carbocycles. The molecule has 1 heterocycles. The first-order chi connectivity index (χ1) is 8.69. The molecule has 5 nitrogen and oxygen atoms in total. The van der Waals surface area contributed by atoms with Gasteiger partial charge in [-0.05, 0) is 24.2 Å². The average molecular weight is 248 g/mol. The van der Waals surface area contributed by atoms with Crippen LogP contribution < -0.4 is 10.6 Å². The predicted octanol–water partition coefficient (Wildman–Crippen LogP) is 0.486. The molecule has 2 rings (SSSR count). The maximum atomic E-state index is 11.2. The van der Waals surface area contributed by atoms with Gasteiger partial charge in [-0.1, -0.05) is 12.1 Å². The summed E-state index contributed by atoms with van der Waals surface area (Å²) in [7, 11) is 1.70. The van der Waals surface area contributed by atoms with Crippen molar-refractivity contribution in [1.29, 1.82) is 0 Å². The van der Waals surface area contributed by atoms with E-state index in [1.807, 2.05) is 18.2 Å². The number of hydrogen-bond donors (Lipinski definition) is 2. The second kappa shape index (κ2) is 5.64. The highest BCUT2D eigenvalue weighted by Gasteiger charge is 2.17. The minimum absolute atomic E-state index is 0.0302. The van der Waals surface area contributed by atoms with Crippen molar-refractivity contribution in [2.45, 2.75) is 12.8 Å². The molecule has 0 fully saturated rings. The van der Waals surface area contributed by atoms with Crippen molar-refractivity contribution in [3.05, 3.63) is 29.3 Å². The van der Waals surface area contributed by atoms with Crippen molar-refractivity contribution in [2.24, 2.45) is 0 Å². The Bertz CT molecular complexity index is 471. The zero-order valence-corrected chi connectivity index (χ0v) is 10.3. The Hall–Kier alpha value is -1.88. The molecule has 0 atom stereocenters. The van der Waals surface area contributed by atoms with Gasteiger partial charge in [0.2, 0.25) is 5.91 Å². The number of rotatable bonds is 5. The molecular weight excluding hydrogens is 232 g/mol. The van der Waals surface area contributed by atoms with E-state index >= 15 is 0 Å². The maximum absolute atomic E-state index is 11.2. The number of carbonyl (C=O) groups excluding carboxylic acids is 2. The number of ether oxygens (including phenoxy) is 1. The minimum Gasteiger partial charge on any atom is -0.464 e. The fourth-order valence-corrected chi connectivity index (χ4v) is 1.92. The van der Waals surface area contributed by atoms with E-state index in [2.05, 4.69) is 10.6 Å². The summed E-state index contributed by atoms with van der Waals surface area (Å²) >= 11 is 0. The molecule has 0 saturated heterocycles. The van der Waals surface area contributed by atoms with E-state index in [0.29, 0.717) is 19.4 Å². The Morgan fingerprint density at radius 3 is 3.11 bits per heavy atom. The van der Waals surface area contributed by atoms with E-state index in [0.717, 1.165) is 16.8 Å². The molecule has 0 bridgehead atoms. The van der Waals surface area contributed by atoms with Gasteiger partial charge in [0.05, 0.1) is 19.6 Å². The summed E-state index contributed by atoms with van der Waals surface area (Å²) in [6.07, 6.45) is 1.10. The molecule has 0 radical (unpaired) electrons. The second-order valence-electron chi connectivity index (χ2n) is 4.22. The van der Waals surface area contributed by atoms with Crippen LogP contribution in [0.2, 0.25) is 0 Å². The van der Waals surface area contributed by atoms with E-state index in [9.17, 15) is 9.59 Å². The quantitative estimate of drug-likeness (QED) is 0.744. The number of amides is 1. The summed E-state index contributed by atoms with van der Waals surface area (Å²) < 4.78 is 5.04. The highest BCUT2D eigenvalue weighted by molar-refractivity contribution is 5.99. The molecule has 1 aromatic carbocycles. The van der Waals surface area contributed by atoms with Crippen LogP contribution in [0.25, 0.3) is 0 Å². The van der Waals surface area contributed by atoms with Crippen LogP contribution in [0.4, 0.5) is 5.69 Å². The molecule has 5 heteroatoms. The summed E-state index contributed by atoms with van der Waals surface area (Å²) in [5.74, 6) is -0.224. The highest BCUT2D eigenvalue weighted by atomic mass is 16.5. The maximum Gasteiger partial charge on any atom is 0.319 e. The normalized spacial score (nSPS) is 13.1. The number of carbonyl (C=O) groups is 2. The fourth-order valence-electron chi connectivity index (χ4n) is 1.92. The number of benzene rings is 1. The molecular formula is C13H16N2O3. The van der Waals surface area contributed by atoms with Crippen molar-refractivity contribution >= 4 is 17.6 Å². The summed E-state index contributed by atoms with van der Waals surface area (Å²) in [5, 5.41) is 5.52. The summed E-state index contributed by atoms with van der Waals surface area (Å²) in [4.78, 5) is 22.3. The Morgan fingerprint density at radius 2 is 2.33 bits per heavy atom. The predicted molar refractivity (Wildman–Crippen MR) is 67.4 cm³/mol. The molecule has 1 aliphatic heterocycles. The van der Waals surface area contributed by atoms with Crippen LogP contribution in [-0.4, -0.2) is 32.1 Å². The van der Waals surface area contributed by atoms with Gasteiger partial charge < -0.3 is 15.4 Å². The molecule has 0 unspecified atom stereocenters. The van der Waals surface area contributed by atoms with E-state index in [-0.39, 0.29) is 18.4 Å². The smallest absolute Gasteiger partial charge is 0.319 e. The molecule has 1 amide bonds. The Kier molecular flexibility index (Phi) is 3.94. The molecule has 18 heavy (non-hydrogen) atoms. The lowest BCUT2D eigenvalue weighted by Gasteiger charge is -2.06. The summed E-state index contributed by atoms with van der Waals surface area (Å²) in [6.45, 7) is 0.587. The SMILES string of the molecule is CNCC(=O)OCCc1ccc2c(c1)CC(=O)N2. The summed E-state index contributed by atoms with van der Waals surface area (Å²) in [5.41, 5.74) is 2.97. The molecule has 0 aromatic heterocycles. The monoisotopic (exact) mass is 248 g/mol. The number of hydrogen-bond acceptors (Lipinski definition) is 4. The van der Waals surface area contributed by atoms with Crippen molar-refractivity contribution in [2.75, 3.05) is 25.5 Å². The lowest BCUT2D eigenvalue weighted by Crippen LogP contribution is -2.21. The molecule has 2 N–H and O–H groups in total. The van der Waals surface area contributed by atoms with Crippen LogP contribution in [0.5, 0.6) is 0 Å². The van der Waals surface area contributed by atoms with Crippen LogP contribution >= 0.6 is 0 Å². The van der Waals surface area contributed by atoms with Gasteiger partial charge in [-0.15, -0.1) is 0 Å². The van der Waals surface area contributed by atoms with Gasteiger partial charge in [0.15, 0.2) is 0 Å². The lowest BCUT2D eigenvalue weighted by molar-refractivity contribution is -0.142. The van der Waals surface area contributed by atoms with E-state index in [1.165, 1.54) is 0 Å². The van der Waals surface area contributed by atoms with Gasteiger partial charge in [0, 0.05) is 12.1 Å². The topological polar surface area (TPSA) is 67.4 Å². The van der Waals surface area contributed by atoms with Gasteiger partial charge in [0.1, 0.15) is 0 Å². The van der Waals surface area contributed by atoms with Gasteiger partial charge in [-0.2, -0.15) is 0 Å². The van der Waals surface area contributed by atoms with Gasteiger partial charge in [0.25, 0.3) is 0 Å². The standard InChI is InChI=1S/C13H16N2O3/c1-14-8-13(17)18-5-4-9-2-3-11-10(6-9)7-12(16)15-11/h2-3,6,14H,4-5,7-8H2,1H3,(H,15,16). The molecule has 0 spiro atoms. The zero-order chi connectivity index (χ0) is 13.0. The van der Waals surface area contributed by atoms with Gasteiger partial charge in [-0.25, -0.2) is 0 Å². The number of esters is 1. The Morgan fingerprint density at radius 1 is 1.50 bits per heavy atom. The van der Waals surface area contributed by atoms with Crippen LogP contribution in [0, 0.1) is 0 Å². The number of nitrogens with one attached hydrogen (secondary N) is 2. The number of fused-ring (bicyclic) bond motifs is 1. The first-order valence-electron chi connectivity index (χ1n) is 5.91. The van der Waals surface area contributed by atoms with Crippen molar-refractivity contribution in [3.8, 4) is 0 Å². The minimum atomic E-state index is -0.254. The number of anilines is 1. The average Bonchev–Trinajstić information content (AvgIpc) is 2.69. The molecule has 96 valence electrons. The van der Waals surface area contributed by atoms with E-state index in [4.69, 9.17) is 4.74 Å². The first-order valence-corrected chi connectivity index (χ1v) is 5.91. The van der Waals surface area contributed by atoms with Crippen LogP contribution in [0.3, 0.4) is 0 Å². The van der Waals surface area contributed by atoms with Crippen molar-refractivity contribution in [1.82, 2.24) is 5.32 Å². The molecule has 1 aromatic rings. The molecule has 0 aliphatic carbocycles.